The lowest BCUT2D eigenvalue weighted by Gasteiger charge is -2.44. The fourth-order valence-electron chi connectivity index (χ4n) is 3.86. The number of carbonyl (C=O) groups is 6. The third-order valence-electron chi connectivity index (χ3n) is 5.34. The van der Waals surface area contributed by atoms with Crippen molar-refractivity contribution in [2.45, 2.75) is 70.8 Å². The first-order valence-electron chi connectivity index (χ1n) is 11.9. The summed E-state index contributed by atoms with van der Waals surface area (Å²) in [5, 5.41) is 4.91. The summed E-state index contributed by atoms with van der Waals surface area (Å²) in [6.45, 7) is 3.91. The largest absolute Gasteiger partial charge is 0.467 e. The fraction of sp³-hybridized carbons (Fsp3) is 0.520. The highest BCUT2D eigenvalue weighted by Crippen LogP contribution is 2.28. The minimum Gasteiger partial charge on any atom is -0.467 e. The molecule has 1 aliphatic rings. The maximum atomic E-state index is 13.0. The second kappa shape index (κ2) is 14.7. The molecule has 0 unspecified atom stereocenters. The van der Waals surface area contributed by atoms with Crippen molar-refractivity contribution in [3.63, 3.8) is 0 Å². The number of ether oxygens (including phenoxy) is 6. The van der Waals surface area contributed by atoms with E-state index in [1.165, 1.54) is 7.11 Å². The first-order chi connectivity index (χ1) is 18.4. The molecule has 0 aliphatic carbocycles. The van der Waals surface area contributed by atoms with Crippen molar-refractivity contribution in [3.8, 4) is 0 Å². The average molecular weight is 553 g/mol. The number of rotatable bonds is 10. The molecule has 2 N–H and O–H groups in total. The number of hydrogen-bond donors (Lipinski definition) is 2. The van der Waals surface area contributed by atoms with Crippen LogP contribution in [0.15, 0.2) is 30.3 Å². The Bertz CT molecular complexity index is 1050. The van der Waals surface area contributed by atoms with E-state index in [-0.39, 0.29) is 6.42 Å². The molecule has 214 valence electrons. The molecule has 0 saturated carbocycles. The van der Waals surface area contributed by atoms with E-state index in [4.69, 9.17) is 28.4 Å². The quantitative estimate of drug-likeness (QED) is 0.297. The van der Waals surface area contributed by atoms with Crippen LogP contribution in [0.3, 0.4) is 0 Å². The van der Waals surface area contributed by atoms with Crippen LogP contribution in [-0.2, 0) is 58.8 Å². The van der Waals surface area contributed by atoms with Gasteiger partial charge in [0.05, 0.1) is 7.11 Å². The van der Waals surface area contributed by atoms with E-state index < -0.39 is 79.2 Å². The average Bonchev–Trinajstić information content (AvgIpc) is 2.85. The van der Waals surface area contributed by atoms with Crippen molar-refractivity contribution in [2.75, 3.05) is 13.7 Å². The van der Waals surface area contributed by atoms with Crippen LogP contribution >= 0.6 is 0 Å². The summed E-state index contributed by atoms with van der Waals surface area (Å²) in [6.07, 6.45) is -6.99. The third kappa shape index (κ3) is 9.89. The zero-order valence-electron chi connectivity index (χ0n) is 22.2. The number of esters is 5. The van der Waals surface area contributed by atoms with Gasteiger partial charge in [-0.3, -0.25) is 19.2 Å². The summed E-state index contributed by atoms with van der Waals surface area (Å²) >= 11 is 0. The van der Waals surface area contributed by atoms with Crippen molar-refractivity contribution in [2.24, 2.45) is 0 Å². The van der Waals surface area contributed by atoms with Crippen LogP contribution in [0.2, 0.25) is 0 Å². The van der Waals surface area contributed by atoms with Gasteiger partial charge >= 0.3 is 35.9 Å². The van der Waals surface area contributed by atoms with Gasteiger partial charge in [-0.1, -0.05) is 30.3 Å². The summed E-state index contributed by atoms with van der Waals surface area (Å²) in [5.41, 5.74) is 0.737. The topological polar surface area (TPSA) is 182 Å². The molecule has 0 bridgehead atoms. The van der Waals surface area contributed by atoms with Crippen molar-refractivity contribution < 1.29 is 57.2 Å². The van der Waals surface area contributed by atoms with Gasteiger partial charge in [-0.25, -0.2) is 9.59 Å². The van der Waals surface area contributed by atoms with Crippen LogP contribution in [0.1, 0.15) is 33.3 Å². The summed E-state index contributed by atoms with van der Waals surface area (Å²) in [7, 11) is 1.17. The van der Waals surface area contributed by atoms with Gasteiger partial charge in [-0.2, -0.15) is 0 Å². The van der Waals surface area contributed by atoms with E-state index in [0.717, 1.165) is 33.3 Å². The van der Waals surface area contributed by atoms with Gasteiger partial charge in [-0.05, 0) is 5.56 Å². The zero-order valence-corrected chi connectivity index (χ0v) is 22.2. The second-order valence-corrected chi connectivity index (χ2v) is 8.50. The first kappa shape index (κ1) is 31.0. The Morgan fingerprint density at radius 3 is 1.92 bits per heavy atom. The van der Waals surface area contributed by atoms with E-state index in [1.54, 1.807) is 30.3 Å². The number of amides is 2. The Morgan fingerprint density at radius 2 is 1.38 bits per heavy atom. The molecule has 14 heteroatoms. The normalized spacial score (nSPS) is 22.8. The molecule has 0 spiro atoms. The summed E-state index contributed by atoms with van der Waals surface area (Å²) < 4.78 is 31.5. The minimum absolute atomic E-state index is 0.0967. The Kier molecular flexibility index (Phi) is 11.7. The van der Waals surface area contributed by atoms with Gasteiger partial charge in [0.25, 0.3) is 0 Å². The van der Waals surface area contributed by atoms with Crippen LogP contribution < -0.4 is 10.6 Å². The van der Waals surface area contributed by atoms with Crippen LogP contribution in [0.25, 0.3) is 0 Å². The van der Waals surface area contributed by atoms with Crippen LogP contribution in [0.4, 0.5) is 4.79 Å². The van der Waals surface area contributed by atoms with E-state index in [1.807, 2.05) is 0 Å². The lowest BCUT2D eigenvalue weighted by atomic mass is 9.97. The summed E-state index contributed by atoms with van der Waals surface area (Å²) in [4.78, 5) is 72.5. The number of nitrogens with one attached hydrogen (secondary N) is 2. The van der Waals surface area contributed by atoms with Gasteiger partial charge in [0, 0.05) is 34.1 Å². The maximum absolute atomic E-state index is 13.0. The summed E-state index contributed by atoms with van der Waals surface area (Å²) in [5.74, 6) is -3.85. The highest BCUT2D eigenvalue weighted by atomic mass is 16.7. The molecule has 14 nitrogen and oxygen atoms in total. The van der Waals surface area contributed by atoms with Crippen molar-refractivity contribution in [1.29, 1.82) is 0 Å². The van der Waals surface area contributed by atoms with Crippen LogP contribution in [-0.4, -0.2) is 86.3 Å². The van der Waals surface area contributed by atoms with Crippen LogP contribution in [0.5, 0.6) is 0 Å². The molecule has 1 heterocycles. The van der Waals surface area contributed by atoms with E-state index in [0.29, 0.717) is 0 Å². The molecular weight excluding hydrogens is 520 g/mol. The first-order valence-corrected chi connectivity index (χ1v) is 11.9. The minimum atomic E-state index is -1.50. The summed E-state index contributed by atoms with van der Waals surface area (Å²) in [6, 6.07) is 6.80. The molecule has 2 amide bonds. The Hall–Kier alpha value is -4.20. The van der Waals surface area contributed by atoms with Crippen LogP contribution in [0, 0.1) is 0 Å². The van der Waals surface area contributed by atoms with Gasteiger partial charge in [-0.15, -0.1) is 0 Å². The standard InChI is InChI=1S/C25H32N2O12/c1-13(28)35-12-19-20(36-14(2)29)21(37-15(3)30)22(38-16(4)31)23(39-19)27-25(33)26-18(24(32)34-5)11-17-9-7-6-8-10-17/h6-10,18-23H,11-12H2,1-5H3,(H2,26,27,33)/t18-,19+,20+,21-,22+,23-/m0/s1. The molecule has 0 aromatic heterocycles. The third-order valence-corrected chi connectivity index (χ3v) is 5.34. The molecule has 1 saturated heterocycles. The Balaban J connectivity index is 2.35. The highest BCUT2D eigenvalue weighted by Gasteiger charge is 2.52. The van der Waals surface area contributed by atoms with E-state index >= 15 is 0 Å². The highest BCUT2D eigenvalue weighted by molar-refractivity contribution is 5.84. The molecule has 39 heavy (non-hydrogen) atoms. The van der Waals surface area contributed by atoms with E-state index in [9.17, 15) is 28.8 Å². The second-order valence-electron chi connectivity index (χ2n) is 8.50. The predicted octanol–water partition coefficient (Wildman–Crippen LogP) is 0.153. The van der Waals surface area contributed by atoms with Crippen molar-refractivity contribution >= 4 is 35.9 Å². The number of urea groups is 1. The fourth-order valence-corrected chi connectivity index (χ4v) is 3.86. The molecule has 1 aromatic carbocycles. The predicted molar refractivity (Wildman–Crippen MR) is 130 cm³/mol. The Morgan fingerprint density at radius 1 is 0.821 bits per heavy atom. The monoisotopic (exact) mass is 552 g/mol. The lowest BCUT2D eigenvalue weighted by molar-refractivity contribution is -0.255. The number of benzene rings is 1. The lowest BCUT2D eigenvalue weighted by Crippen LogP contribution is -2.67. The molecular formula is C25H32N2O12. The molecule has 6 atom stereocenters. The SMILES string of the molecule is COC(=O)[C@H](Cc1ccccc1)NC(=O)N[C@H]1O[C@H](COC(C)=O)[C@@H](OC(C)=O)[C@H](OC(C)=O)[C@H]1OC(C)=O. The number of carbonyl (C=O) groups excluding carboxylic acids is 6. The van der Waals surface area contributed by atoms with Gasteiger partial charge in [0.1, 0.15) is 18.8 Å². The number of hydrogen-bond acceptors (Lipinski definition) is 12. The van der Waals surface area contributed by atoms with Crippen molar-refractivity contribution in [3.05, 3.63) is 35.9 Å². The van der Waals surface area contributed by atoms with Gasteiger partial charge < -0.3 is 39.1 Å². The van der Waals surface area contributed by atoms with E-state index in [2.05, 4.69) is 10.6 Å². The maximum Gasteiger partial charge on any atom is 0.328 e. The van der Waals surface area contributed by atoms with Crippen molar-refractivity contribution in [1.82, 2.24) is 10.6 Å². The number of methoxy groups -OCH3 is 1. The molecule has 2 rings (SSSR count). The molecule has 0 radical (unpaired) electrons. The van der Waals surface area contributed by atoms with Gasteiger partial charge in [0.2, 0.25) is 0 Å². The molecule has 1 fully saturated rings. The molecule has 1 aliphatic heterocycles. The Labute approximate surface area is 224 Å². The smallest absolute Gasteiger partial charge is 0.328 e. The zero-order chi connectivity index (χ0) is 29.1. The van der Waals surface area contributed by atoms with Gasteiger partial charge in [0.15, 0.2) is 24.5 Å². The molecule has 1 aromatic rings.